The topological polar surface area (TPSA) is 27.7 Å². The lowest BCUT2D eigenvalue weighted by atomic mass is 10.0. The summed E-state index contributed by atoms with van der Waals surface area (Å²) in [5, 5.41) is 0. The highest BCUT2D eigenvalue weighted by Crippen LogP contribution is 2.30. The molecule has 1 aliphatic heterocycles. The van der Waals surface area contributed by atoms with Crippen LogP contribution in [0.15, 0.2) is 61.2 Å². The molecule has 0 amide bonds. The summed E-state index contributed by atoms with van der Waals surface area (Å²) in [4.78, 5) is 0. The standard InChI is InChI=1S/C33H48O3/c1-3-5-7-9-11-13-15-25-34-32-23-21-30(22-24-32)29-17-19-31(20-18-29)33-35-26-28(27-36-33)16-14-12-10-8-6-4-2/h3,17-24,28,33H,1,4-16,25-27H2,2H3/t28-,33-. The lowest BCUT2D eigenvalue weighted by molar-refractivity contribution is -0.206. The number of hydrogen-bond acceptors (Lipinski definition) is 3. The molecule has 0 bridgehead atoms. The molecule has 0 aliphatic carbocycles. The molecule has 0 atom stereocenters. The Morgan fingerprint density at radius 2 is 1.33 bits per heavy atom. The highest BCUT2D eigenvalue weighted by Gasteiger charge is 2.23. The fraction of sp³-hybridized carbons (Fsp3) is 0.576. The second-order valence-corrected chi connectivity index (χ2v) is 10.3. The van der Waals surface area contributed by atoms with Crippen LogP contribution in [0.25, 0.3) is 11.1 Å². The maximum Gasteiger partial charge on any atom is 0.183 e. The van der Waals surface area contributed by atoms with Crippen LogP contribution in [0, 0.1) is 5.92 Å². The van der Waals surface area contributed by atoms with Crippen LogP contribution in [0.5, 0.6) is 5.75 Å². The largest absolute Gasteiger partial charge is 0.494 e. The molecule has 1 heterocycles. The number of benzene rings is 2. The Balaban J connectivity index is 1.34. The van der Waals surface area contributed by atoms with Crippen molar-refractivity contribution in [1.82, 2.24) is 0 Å². The molecule has 0 spiro atoms. The number of rotatable bonds is 18. The summed E-state index contributed by atoms with van der Waals surface area (Å²) < 4.78 is 18.1. The number of ether oxygens (including phenoxy) is 3. The van der Waals surface area contributed by atoms with Crippen molar-refractivity contribution in [2.24, 2.45) is 5.92 Å². The Labute approximate surface area is 220 Å². The van der Waals surface area contributed by atoms with Crippen molar-refractivity contribution in [3.05, 3.63) is 66.7 Å². The van der Waals surface area contributed by atoms with Gasteiger partial charge in [-0.3, -0.25) is 0 Å². The molecule has 3 nitrogen and oxygen atoms in total. The van der Waals surface area contributed by atoms with Crippen LogP contribution in [-0.2, 0) is 9.47 Å². The van der Waals surface area contributed by atoms with Crippen molar-refractivity contribution in [3.8, 4) is 16.9 Å². The van der Waals surface area contributed by atoms with Gasteiger partial charge in [0.1, 0.15) is 5.75 Å². The number of allylic oxidation sites excluding steroid dienone is 1. The summed E-state index contributed by atoms with van der Waals surface area (Å²) in [5.41, 5.74) is 3.49. The first-order chi connectivity index (χ1) is 17.8. The predicted molar refractivity (Wildman–Crippen MR) is 151 cm³/mol. The van der Waals surface area contributed by atoms with Gasteiger partial charge in [-0.15, -0.1) is 6.58 Å². The van der Waals surface area contributed by atoms with E-state index in [0.29, 0.717) is 5.92 Å². The van der Waals surface area contributed by atoms with Gasteiger partial charge in [0.25, 0.3) is 0 Å². The van der Waals surface area contributed by atoms with Gasteiger partial charge in [-0.05, 0) is 48.9 Å². The van der Waals surface area contributed by atoms with E-state index in [-0.39, 0.29) is 6.29 Å². The van der Waals surface area contributed by atoms with E-state index in [4.69, 9.17) is 14.2 Å². The average Bonchev–Trinajstić information content (AvgIpc) is 2.93. The molecule has 1 aliphatic rings. The van der Waals surface area contributed by atoms with Gasteiger partial charge in [0.2, 0.25) is 0 Å². The van der Waals surface area contributed by atoms with Crippen LogP contribution in [0.2, 0.25) is 0 Å². The zero-order chi connectivity index (χ0) is 25.3. The van der Waals surface area contributed by atoms with E-state index in [9.17, 15) is 0 Å². The lowest BCUT2D eigenvalue weighted by Gasteiger charge is -2.29. The van der Waals surface area contributed by atoms with Crippen molar-refractivity contribution < 1.29 is 14.2 Å². The monoisotopic (exact) mass is 492 g/mol. The van der Waals surface area contributed by atoms with Gasteiger partial charge in [-0.1, -0.05) is 107 Å². The minimum Gasteiger partial charge on any atom is -0.494 e. The van der Waals surface area contributed by atoms with Crippen LogP contribution >= 0.6 is 0 Å². The Hall–Kier alpha value is -2.10. The van der Waals surface area contributed by atoms with Crippen LogP contribution < -0.4 is 4.74 Å². The fourth-order valence-corrected chi connectivity index (χ4v) is 4.80. The smallest absolute Gasteiger partial charge is 0.183 e. The molecule has 1 saturated heterocycles. The third-order valence-corrected chi connectivity index (χ3v) is 7.12. The molecule has 2 aromatic carbocycles. The summed E-state index contributed by atoms with van der Waals surface area (Å²) >= 11 is 0. The van der Waals surface area contributed by atoms with Crippen molar-refractivity contribution >= 4 is 0 Å². The summed E-state index contributed by atoms with van der Waals surface area (Å²) in [7, 11) is 0. The Kier molecular flexibility index (Phi) is 13.7. The zero-order valence-electron chi connectivity index (χ0n) is 22.6. The third kappa shape index (κ3) is 10.5. The molecule has 2 aromatic rings. The van der Waals surface area contributed by atoms with Gasteiger partial charge in [0.15, 0.2) is 6.29 Å². The number of unbranched alkanes of at least 4 members (excludes halogenated alkanes) is 10. The van der Waals surface area contributed by atoms with E-state index in [1.54, 1.807) is 0 Å². The highest BCUT2D eigenvalue weighted by molar-refractivity contribution is 5.64. The molecule has 1 fully saturated rings. The van der Waals surface area contributed by atoms with E-state index in [1.807, 2.05) is 6.08 Å². The van der Waals surface area contributed by atoms with E-state index in [1.165, 1.54) is 81.8 Å². The SMILES string of the molecule is C=CCCCCCCCOc1ccc(-c2ccc([C@H]3OC[C@H](CCCCCCCC)CO3)cc2)cc1. The zero-order valence-corrected chi connectivity index (χ0v) is 22.6. The number of hydrogen-bond donors (Lipinski definition) is 0. The average molecular weight is 493 g/mol. The normalized spacial score (nSPS) is 17.7. The second kappa shape index (κ2) is 17.4. The van der Waals surface area contributed by atoms with E-state index in [2.05, 4.69) is 62.0 Å². The summed E-state index contributed by atoms with van der Waals surface area (Å²) in [6, 6.07) is 17.0. The maximum absolute atomic E-state index is 6.07. The van der Waals surface area contributed by atoms with Crippen LogP contribution in [0.3, 0.4) is 0 Å². The minimum atomic E-state index is -0.238. The lowest BCUT2D eigenvalue weighted by Crippen LogP contribution is -2.27. The molecule has 3 rings (SSSR count). The Morgan fingerprint density at radius 3 is 2.00 bits per heavy atom. The van der Waals surface area contributed by atoms with E-state index >= 15 is 0 Å². The van der Waals surface area contributed by atoms with Gasteiger partial charge in [0.05, 0.1) is 19.8 Å². The quantitative estimate of drug-likeness (QED) is 0.153. The predicted octanol–water partition coefficient (Wildman–Crippen LogP) is 9.67. The van der Waals surface area contributed by atoms with Gasteiger partial charge in [-0.2, -0.15) is 0 Å². The molecular formula is C33H48O3. The first kappa shape index (κ1) is 28.5. The molecule has 0 radical (unpaired) electrons. The molecule has 3 heteroatoms. The Bertz CT molecular complexity index is 819. The molecule has 0 aromatic heterocycles. The van der Waals surface area contributed by atoms with E-state index < -0.39 is 0 Å². The first-order valence-electron chi connectivity index (χ1n) is 14.5. The van der Waals surface area contributed by atoms with Crippen molar-refractivity contribution in [3.63, 3.8) is 0 Å². The maximum atomic E-state index is 6.07. The Morgan fingerprint density at radius 1 is 0.750 bits per heavy atom. The van der Waals surface area contributed by atoms with Crippen LogP contribution in [0.1, 0.15) is 102 Å². The highest BCUT2D eigenvalue weighted by atomic mass is 16.7. The third-order valence-electron chi connectivity index (χ3n) is 7.12. The van der Waals surface area contributed by atoms with Crippen molar-refractivity contribution in [1.29, 1.82) is 0 Å². The van der Waals surface area contributed by atoms with E-state index in [0.717, 1.165) is 44.0 Å². The van der Waals surface area contributed by atoms with Gasteiger partial charge >= 0.3 is 0 Å². The van der Waals surface area contributed by atoms with Crippen molar-refractivity contribution in [2.45, 2.75) is 96.7 Å². The van der Waals surface area contributed by atoms with Crippen LogP contribution in [0.4, 0.5) is 0 Å². The minimum absolute atomic E-state index is 0.238. The molecule has 0 saturated carbocycles. The second-order valence-electron chi connectivity index (χ2n) is 10.3. The van der Waals surface area contributed by atoms with Gasteiger partial charge in [0, 0.05) is 11.5 Å². The fourth-order valence-electron chi connectivity index (χ4n) is 4.80. The molecule has 0 N–H and O–H groups in total. The summed E-state index contributed by atoms with van der Waals surface area (Å²) in [5.74, 6) is 1.48. The van der Waals surface area contributed by atoms with Gasteiger partial charge in [-0.25, -0.2) is 0 Å². The molecular weight excluding hydrogens is 444 g/mol. The first-order valence-corrected chi connectivity index (χ1v) is 14.5. The molecule has 0 unspecified atom stereocenters. The van der Waals surface area contributed by atoms with Crippen molar-refractivity contribution in [2.75, 3.05) is 19.8 Å². The molecule has 36 heavy (non-hydrogen) atoms. The summed E-state index contributed by atoms with van der Waals surface area (Å²) in [6.07, 6.45) is 18.3. The molecule has 198 valence electrons. The summed E-state index contributed by atoms with van der Waals surface area (Å²) in [6.45, 7) is 8.44. The van der Waals surface area contributed by atoms with Gasteiger partial charge < -0.3 is 14.2 Å². The van der Waals surface area contributed by atoms with Crippen LogP contribution in [-0.4, -0.2) is 19.8 Å².